The number of nitro groups is 1. The monoisotopic (exact) mass is 292 g/mol. The van der Waals surface area contributed by atoms with Gasteiger partial charge in [-0.25, -0.2) is 14.6 Å². The third-order valence-corrected chi connectivity index (χ3v) is 2.42. The first-order valence-corrected chi connectivity index (χ1v) is 5.60. The summed E-state index contributed by atoms with van der Waals surface area (Å²) in [6, 6.07) is 5.25. The van der Waals surface area contributed by atoms with E-state index < -0.39 is 22.5 Å². The fourth-order valence-corrected chi connectivity index (χ4v) is 1.59. The van der Waals surface area contributed by atoms with Crippen LogP contribution in [0, 0.1) is 15.9 Å². The molecule has 1 aromatic heterocycles. The average Bonchev–Trinajstić information content (AvgIpc) is 2.86. The van der Waals surface area contributed by atoms with Gasteiger partial charge in [-0.15, -0.1) is 0 Å². The molecule has 8 nitrogen and oxygen atoms in total. The number of rotatable bonds is 4. The van der Waals surface area contributed by atoms with Gasteiger partial charge < -0.3 is 10.2 Å². The number of halogens is 1. The lowest BCUT2D eigenvalue weighted by molar-refractivity contribution is -0.384. The molecule has 3 N–H and O–H groups in total. The van der Waals surface area contributed by atoms with Gasteiger partial charge in [0.1, 0.15) is 17.3 Å². The highest BCUT2D eigenvalue weighted by molar-refractivity contribution is 5.80. The molecule has 0 aliphatic carbocycles. The quantitative estimate of drug-likeness (QED) is 0.508. The average molecular weight is 292 g/mol. The van der Waals surface area contributed by atoms with Crippen LogP contribution >= 0.6 is 0 Å². The van der Waals surface area contributed by atoms with Crippen LogP contribution in [0.3, 0.4) is 0 Å². The van der Waals surface area contributed by atoms with Crippen molar-refractivity contribution in [1.29, 1.82) is 0 Å². The first kappa shape index (κ1) is 14.2. The molecular formula is C12H9FN4O4. The van der Waals surface area contributed by atoms with Gasteiger partial charge in [0.15, 0.2) is 0 Å². The maximum absolute atomic E-state index is 13.1. The van der Waals surface area contributed by atoms with Crippen LogP contribution in [0.25, 0.3) is 11.3 Å². The summed E-state index contributed by atoms with van der Waals surface area (Å²) < 4.78 is 18.4. The van der Waals surface area contributed by atoms with Crippen molar-refractivity contribution < 1.29 is 18.5 Å². The van der Waals surface area contributed by atoms with Gasteiger partial charge in [0, 0.05) is 0 Å². The SMILES string of the molecule is NC(=O)NN=Cc1ccc(-c2ccc(F)cc2[N+](=O)[O-])o1. The van der Waals surface area contributed by atoms with Gasteiger partial charge in [-0.1, -0.05) is 0 Å². The van der Waals surface area contributed by atoms with Gasteiger partial charge in [0.05, 0.1) is 22.8 Å². The molecule has 0 aliphatic rings. The number of primary amides is 1. The van der Waals surface area contributed by atoms with Crippen LogP contribution in [0.1, 0.15) is 5.76 Å². The van der Waals surface area contributed by atoms with Crippen molar-refractivity contribution in [2.24, 2.45) is 10.8 Å². The normalized spacial score (nSPS) is 10.7. The van der Waals surface area contributed by atoms with E-state index in [0.717, 1.165) is 12.1 Å². The van der Waals surface area contributed by atoms with Crippen LogP contribution in [0.5, 0.6) is 0 Å². The summed E-state index contributed by atoms with van der Waals surface area (Å²) >= 11 is 0. The van der Waals surface area contributed by atoms with Gasteiger partial charge >= 0.3 is 6.03 Å². The first-order valence-electron chi connectivity index (χ1n) is 5.60. The Balaban J connectivity index is 2.31. The van der Waals surface area contributed by atoms with Crippen LogP contribution in [-0.4, -0.2) is 17.2 Å². The number of carbonyl (C=O) groups excluding carboxylic acids is 1. The predicted octanol–water partition coefficient (Wildman–Crippen LogP) is 2.00. The zero-order valence-corrected chi connectivity index (χ0v) is 10.4. The van der Waals surface area contributed by atoms with Crippen molar-refractivity contribution in [3.8, 4) is 11.3 Å². The molecule has 1 aromatic carbocycles. The zero-order chi connectivity index (χ0) is 15.4. The van der Waals surface area contributed by atoms with E-state index in [2.05, 4.69) is 5.10 Å². The number of hydrogen-bond acceptors (Lipinski definition) is 5. The fourth-order valence-electron chi connectivity index (χ4n) is 1.59. The Labute approximate surface area is 117 Å². The van der Waals surface area contributed by atoms with Crippen LogP contribution < -0.4 is 11.2 Å². The number of hydrogen-bond donors (Lipinski definition) is 2. The molecule has 0 spiro atoms. The maximum Gasteiger partial charge on any atom is 0.332 e. The number of nitro benzene ring substituents is 1. The van der Waals surface area contributed by atoms with E-state index in [-0.39, 0.29) is 17.1 Å². The second kappa shape index (κ2) is 5.82. The second-order valence-corrected chi connectivity index (χ2v) is 3.85. The minimum atomic E-state index is -0.841. The van der Waals surface area contributed by atoms with Crippen molar-refractivity contribution in [2.75, 3.05) is 0 Å². The number of hydrazone groups is 1. The van der Waals surface area contributed by atoms with Crippen molar-refractivity contribution in [2.45, 2.75) is 0 Å². The van der Waals surface area contributed by atoms with Gasteiger partial charge in [-0.3, -0.25) is 10.1 Å². The van der Waals surface area contributed by atoms with E-state index in [1.54, 1.807) is 0 Å². The van der Waals surface area contributed by atoms with E-state index in [0.29, 0.717) is 0 Å². The Kier molecular flexibility index (Phi) is 3.93. The summed E-state index contributed by atoms with van der Waals surface area (Å²) in [5.41, 5.74) is 6.50. The number of furan rings is 1. The Hall–Kier alpha value is -3.23. The van der Waals surface area contributed by atoms with E-state index in [4.69, 9.17) is 10.2 Å². The summed E-state index contributed by atoms with van der Waals surface area (Å²) in [5, 5.41) is 14.4. The van der Waals surface area contributed by atoms with E-state index in [1.807, 2.05) is 5.43 Å². The standard InChI is InChI=1S/C12H9FN4O4/c13-7-1-3-9(10(5-7)17(19)20)11-4-2-8(21-11)6-15-16-12(14)18/h1-6H,(H3,14,16,18). The first-order chi connectivity index (χ1) is 9.97. The molecule has 2 aromatic rings. The summed E-state index contributed by atoms with van der Waals surface area (Å²) in [4.78, 5) is 20.6. The molecule has 0 aliphatic heterocycles. The minimum absolute atomic E-state index is 0.129. The Morgan fingerprint density at radius 3 is 2.86 bits per heavy atom. The molecule has 0 saturated heterocycles. The third-order valence-electron chi connectivity index (χ3n) is 2.42. The van der Waals surface area contributed by atoms with Crippen molar-refractivity contribution in [3.05, 3.63) is 52.0 Å². The number of nitrogens with zero attached hydrogens (tertiary/aromatic N) is 2. The van der Waals surface area contributed by atoms with E-state index in [9.17, 15) is 19.3 Å². The minimum Gasteiger partial charge on any atom is -0.455 e. The predicted molar refractivity (Wildman–Crippen MR) is 71.1 cm³/mol. The number of benzene rings is 1. The fraction of sp³-hybridized carbons (Fsp3) is 0. The maximum atomic E-state index is 13.1. The molecule has 0 radical (unpaired) electrons. The van der Waals surface area contributed by atoms with E-state index in [1.165, 1.54) is 24.4 Å². The molecule has 1 heterocycles. The molecule has 108 valence electrons. The molecule has 2 amide bonds. The molecule has 0 fully saturated rings. The second-order valence-electron chi connectivity index (χ2n) is 3.85. The highest BCUT2D eigenvalue weighted by atomic mass is 19.1. The molecule has 0 bridgehead atoms. The van der Waals surface area contributed by atoms with Crippen LogP contribution in [0.15, 0.2) is 39.9 Å². The molecule has 0 unspecified atom stereocenters. The highest BCUT2D eigenvalue weighted by Gasteiger charge is 2.18. The van der Waals surface area contributed by atoms with Crippen LogP contribution in [0.4, 0.5) is 14.9 Å². The molecule has 0 saturated carbocycles. The van der Waals surface area contributed by atoms with Crippen molar-refractivity contribution >= 4 is 17.9 Å². The number of urea groups is 1. The molecule has 0 atom stereocenters. The lowest BCUT2D eigenvalue weighted by atomic mass is 10.1. The molecule has 2 rings (SSSR count). The lowest BCUT2D eigenvalue weighted by Gasteiger charge is -1.99. The number of amides is 2. The van der Waals surface area contributed by atoms with Crippen molar-refractivity contribution in [1.82, 2.24) is 5.43 Å². The molecule has 21 heavy (non-hydrogen) atoms. The number of carbonyl (C=O) groups is 1. The van der Waals surface area contributed by atoms with Crippen LogP contribution in [0.2, 0.25) is 0 Å². The Bertz CT molecular complexity index is 726. The number of nitrogens with one attached hydrogen (secondary N) is 1. The Morgan fingerprint density at radius 2 is 2.19 bits per heavy atom. The summed E-state index contributed by atoms with van der Waals surface area (Å²) in [5.74, 6) is -0.316. The summed E-state index contributed by atoms with van der Waals surface area (Å²) in [6.07, 6.45) is 1.17. The number of nitrogens with two attached hydrogens (primary N) is 1. The summed E-state index contributed by atoms with van der Waals surface area (Å²) in [7, 11) is 0. The molecular weight excluding hydrogens is 283 g/mol. The van der Waals surface area contributed by atoms with E-state index >= 15 is 0 Å². The molecule has 9 heteroatoms. The summed E-state index contributed by atoms with van der Waals surface area (Å²) in [6.45, 7) is 0. The largest absolute Gasteiger partial charge is 0.455 e. The van der Waals surface area contributed by atoms with Crippen LogP contribution in [-0.2, 0) is 0 Å². The Morgan fingerprint density at radius 1 is 1.43 bits per heavy atom. The van der Waals surface area contributed by atoms with Gasteiger partial charge in [0.2, 0.25) is 0 Å². The smallest absolute Gasteiger partial charge is 0.332 e. The van der Waals surface area contributed by atoms with Gasteiger partial charge in [0.25, 0.3) is 5.69 Å². The topological polar surface area (TPSA) is 124 Å². The van der Waals surface area contributed by atoms with Crippen molar-refractivity contribution in [3.63, 3.8) is 0 Å². The third kappa shape index (κ3) is 3.41. The lowest BCUT2D eigenvalue weighted by Crippen LogP contribution is -2.24. The van der Waals surface area contributed by atoms with Gasteiger partial charge in [-0.05, 0) is 24.3 Å². The zero-order valence-electron chi connectivity index (χ0n) is 10.4. The highest BCUT2D eigenvalue weighted by Crippen LogP contribution is 2.31. The van der Waals surface area contributed by atoms with Gasteiger partial charge in [-0.2, -0.15) is 5.10 Å².